The molecule has 29 heavy (non-hydrogen) atoms. The lowest BCUT2D eigenvalue weighted by molar-refractivity contribution is 0.271. The molecule has 0 unspecified atom stereocenters. The third-order valence-electron chi connectivity index (χ3n) is 5.45. The standard InChI is InChI=1S/C21H26N4O4/c1-13-9-20-22-16-6-8-24(7-5-15(16)21(26)25(20)23-13)12-14-10-18(28-3)19(29-4)11-17(14)27-2/h9-11,23H,5-8,12H2,1-4H3. The highest BCUT2D eigenvalue weighted by Gasteiger charge is 2.21. The van der Waals surface area contributed by atoms with Crippen molar-refractivity contribution in [3.63, 3.8) is 0 Å². The Morgan fingerprint density at radius 3 is 2.41 bits per heavy atom. The van der Waals surface area contributed by atoms with Gasteiger partial charge in [0.05, 0.1) is 27.0 Å². The van der Waals surface area contributed by atoms with Crippen molar-refractivity contribution in [3.05, 3.63) is 51.1 Å². The van der Waals surface area contributed by atoms with Gasteiger partial charge in [-0.05, 0) is 19.4 Å². The summed E-state index contributed by atoms with van der Waals surface area (Å²) < 4.78 is 17.9. The first-order valence-electron chi connectivity index (χ1n) is 9.65. The Bertz CT molecular complexity index is 1100. The van der Waals surface area contributed by atoms with Crippen LogP contribution in [-0.4, -0.2) is 53.9 Å². The average molecular weight is 398 g/mol. The van der Waals surface area contributed by atoms with Gasteiger partial charge in [-0.2, -0.15) is 0 Å². The monoisotopic (exact) mass is 398 g/mol. The van der Waals surface area contributed by atoms with Crippen molar-refractivity contribution in [2.24, 2.45) is 0 Å². The third kappa shape index (κ3) is 3.55. The number of hydrogen-bond donors (Lipinski definition) is 1. The van der Waals surface area contributed by atoms with Crippen LogP contribution < -0.4 is 19.8 Å². The normalized spacial score (nSPS) is 14.5. The van der Waals surface area contributed by atoms with Crippen molar-refractivity contribution in [1.29, 1.82) is 0 Å². The van der Waals surface area contributed by atoms with Crippen molar-refractivity contribution >= 4 is 5.65 Å². The average Bonchev–Trinajstić information content (AvgIpc) is 2.98. The van der Waals surface area contributed by atoms with E-state index in [4.69, 9.17) is 19.2 Å². The first kappa shape index (κ1) is 19.3. The van der Waals surface area contributed by atoms with Crippen LogP contribution in [0.25, 0.3) is 5.65 Å². The van der Waals surface area contributed by atoms with Crippen LogP contribution in [0.2, 0.25) is 0 Å². The smallest absolute Gasteiger partial charge is 0.276 e. The van der Waals surface area contributed by atoms with Crippen LogP contribution in [0.4, 0.5) is 0 Å². The fourth-order valence-electron chi connectivity index (χ4n) is 3.94. The third-order valence-corrected chi connectivity index (χ3v) is 5.45. The maximum atomic E-state index is 12.9. The number of aromatic nitrogens is 3. The molecule has 1 aliphatic heterocycles. The molecule has 0 amide bonds. The molecule has 1 aromatic carbocycles. The predicted octanol–water partition coefficient (Wildman–Crippen LogP) is 1.96. The Morgan fingerprint density at radius 2 is 1.69 bits per heavy atom. The molecule has 3 aromatic rings. The van der Waals surface area contributed by atoms with Crippen LogP contribution in [0.5, 0.6) is 17.2 Å². The van der Waals surface area contributed by atoms with Gasteiger partial charge in [0.15, 0.2) is 17.1 Å². The summed E-state index contributed by atoms with van der Waals surface area (Å²) >= 11 is 0. The van der Waals surface area contributed by atoms with E-state index in [1.165, 1.54) is 0 Å². The fourth-order valence-corrected chi connectivity index (χ4v) is 3.94. The van der Waals surface area contributed by atoms with Gasteiger partial charge in [-0.15, -0.1) is 0 Å². The first-order chi connectivity index (χ1) is 14.0. The van der Waals surface area contributed by atoms with Gasteiger partial charge in [-0.1, -0.05) is 0 Å². The molecule has 8 nitrogen and oxygen atoms in total. The van der Waals surface area contributed by atoms with E-state index in [1.807, 2.05) is 25.1 Å². The summed E-state index contributed by atoms with van der Waals surface area (Å²) in [6.07, 6.45) is 1.40. The molecule has 0 fully saturated rings. The second-order valence-corrected chi connectivity index (χ2v) is 7.27. The van der Waals surface area contributed by atoms with E-state index in [1.54, 1.807) is 25.8 Å². The van der Waals surface area contributed by atoms with Crippen molar-refractivity contribution < 1.29 is 14.2 Å². The van der Waals surface area contributed by atoms with Crippen molar-refractivity contribution in [2.45, 2.75) is 26.3 Å². The van der Waals surface area contributed by atoms with Crippen LogP contribution in [0.1, 0.15) is 22.5 Å². The molecule has 4 rings (SSSR count). The summed E-state index contributed by atoms with van der Waals surface area (Å²) in [6, 6.07) is 5.70. The lowest BCUT2D eigenvalue weighted by Crippen LogP contribution is -2.27. The molecule has 3 heterocycles. The number of rotatable bonds is 5. The number of benzene rings is 1. The SMILES string of the molecule is COc1cc(OC)c(OC)cc1CN1CCc2nc3cc(C)[nH]n3c(=O)c2CC1. The van der Waals surface area contributed by atoms with Gasteiger partial charge in [0.1, 0.15) is 5.75 Å². The molecule has 0 atom stereocenters. The second kappa shape index (κ2) is 7.79. The van der Waals surface area contributed by atoms with Crippen molar-refractivity contribution in [2.75, 3.05) is 34.4 Å². The summed E-state index contributed by atoms with van der Waals surface area (Å²) in [7, 11) is 4.88. The number of aryl methyl sites for hydroxylation is 1. The molecular formula is C21H26N4O4. The van der Waals surface area contributed by atoms with Crippen molar-refractivity contribution in [1.82, 2.24) is 19.5 Å². The van der Waals surface area contributed by atoms with Gasteiger partial charge in [0.2, 0.25) is 0 Å². The Balaban J connectivity index is 1.59. The Morgan fingerprint density at radius 1 is 1.00 bits per heavy atom. The van der Waals surface area contributed by atoms with E-state index in [2.05, 4.69) is 10.00 Å². The van der Waals surface area contributed by atoms with Crippen LogP contribution in [0, 0.1) is 6.92 Å². The maximum Gasteiger partial charge on any atom is 0.276 e. The van der Waals surface area contributed by atoms with Gasteiger partial charge >= 0.3 is 0 Å². The molecule has 0 saturated heterocycles. The van der Waals surface area contributed by atoms with E-state index in [0.717, 1.165) is 47.8 Å². The lowest BCUT2D eigenvalue weighted by atomic mass is 10.1. The second-order valence-electron chi connectivity index (χ2n) is 7.27. The molecule has 0 radical (unpaired) electrons. The maximum absolute atomic E-state index is 12.9. The molecule has 0 aliphatic carbocycles. The zero-order chi connectivity index (χ0) is 20.5. The summed E-state index contributed by atoms with van der Waals surface area (Å²) in [5.41, 5.74) is 4.33. The van der Waals surface area contributed by atoms with E-state index >= 15 is 0 Å². The number of aromatic amines is 1. The number of ether oxygens (including phenoxy) is 3. The highest BCUT2D eigenvalue weighted by atomic mass is 16.5. The number of nitrogens with zero attached hydrogens (tertiary/aromatic N) is 3. The Hall–Kier alpha value is -3.00. The minimum absolute atomic E-state index is 0.00338. The summed E-state index contributed by atoms with van der Waals surface area (Å²) in [5.74, 6) is 2.07. The number of fused-ring (bicyclic) bond motifs is 2. The van der Waals surface area contributed by atoms with Gasteiger partial charge in [-0.25, -0.2) is 9.50 Å². The quantitative estimate of drug-likeness (QED) is 0.708. The van der Waals surface area contributed by atoms with E-state index in [-0.39, 0.29) is 5.56 Å². The van der Waals surface area contributed by atoms with Crippen molar-refractivity contribution in [3.8, 4) is 17.2 Å². The number of methoxy groups -OCH3 is 3. The molecule has 1 aliphatic rings. The molecule has 0 spiro atoms. The van der Waals surface area contributed by atoms with E-state index < -0.39 is 0 Å². The van der Waals surface area contributed by atoms with Gasteiger partial charge < -0.3 is 14.2 Å². The number of nitrogens with one attached hydrogen (secondary N) is 1. The highest BCUT2D eigenvalue weighted by Crippen LogP contribution is 2.35. The zero-order valence-corrected chi connectivity index (χ0v) is 17.2. The molecule has 2 aromatic heterocycles. The topological polar surface area (TPSA) is 81.1 Å². The highest BCUT2D eigenvalue weighted by molar-refractivity contribution is 5.50. The van der Waals surface area contributed by atoms with Gasteiger partial charge in [-0.3, -0.25) is 14.8 Å². The number of H-pyrrole nitrogens is 1. The molecule has 1 N–H and O–H groups in total. The van der Waals surface area contributed by atoms with Gasteiger partial charge in [0.25, 0.3) is 5.56 Å². The van der Waals surface area contributed by atoms with Gasteiger partial charge in [0, 0.05) is 55.0 Å². The number of hydrogen-bond acceptors (Lipinski definition) is 6. The predicted molar refractivity (Wildman–Crippen MR) is 109 cm³/mol. The van der Waals surface area contributed by atoms with Crippen LogP contribution in [0.3, 0.4) is 0 Å². The molecule has 0 saturated carbocycles. The zero-order valence-electron chi connectivity index (χ0n) is 17.2. The minimum atomic E-state index is 0.00338. The molecule has 154 valence electrons. The Kier molecular flexibility index (Phi) is 5.19. The fraction of sp³-hybridized carbons (Fsp3) is 0.429. The summed E-state index contributed by atoms with van der Waals surface area (Å²) in [5, 5.41) is 3.07. The molecule has 0 bridgehead atoms. The van der Waals surface area contributed by atoms with Crippen LogP contribution in [-0.2, 0) is 19.4 Å². The van der Waals surface area contributed by atoms with E-state index in [9.17, 15) is 4.79 Å². The first-order valence-corrected chi connectivity index (χ1v) is 9.65. The Labute approximate surface area is 169 Å². The molecule has 8 heteroatoms. The minimum Gasteiger partial charge on any atom is -0.496 e. The largest absolute Gasteiger partial charge is 0.496 e. The summed E-state index contributed by atoms with van der Waals surface area (Å²) in [6.45, 7) is 4.21. The van der Waals surface area contributed by atoms with Crippen LogP contribution >= 0.6 is 0 Å². The molecular weight excluding hydrogens is 372 g/mol. The van der Waals surface area contributed by atoms with Crippen LogP contribution in [0.15, 0.2) is 23.0 Å². The summed E-state index contributed by atoms with van der Waals surface area (Å²) in [4.78, 5) is 19.9. The van der Waals surface area contributed by atoms with E-state index in [0.29, 0.717) is 30.1 Å². The lowest BCUT2D eigenvalue weighted by Gasteiger charge is -2.22.